The average Bonchev–Trinajstić information content (AvgIpc) is 3.38. The average molecular weight is 328 g/mol. The van der Waals surface area contributed by atoms with Crippen LogP contribution in [0.4, 0.5) is 0 Å². The number of nitrogens with one attached hydrogen (secondary N) is 2. The van der Waals surface area contributed by atoms with Crippen LogP contribution in [0.15, 0.2) is 10.6 Å². The van der Waals surface area contributed by atoms with E-state index in [-0.39, 0.29) is 11.9 Å². The highest BCUT2D eigenvalue weighted by molar-refractivity contribution is 6.06. The van der Waals surface area contributed by atoms with Crippen LogP contribution < -0.4 is 10.6 Å². The van der Waals surface area contributed by atoms with Crippen molar-refractivity contribution >= 4 is 17.0 Å². The fourth-order valence-electron chi connectivity index (χ4n) is 3.44. The van der Waals surface area contributed by atoms with Crippen LogP contribution >= 0.6 is 0 Å². The molecule has 6 heteroatoms. The van der Waals surface area contributed by atoms with Gasteiger partial charge in [-0.15, -0.1) is 0 Å². The molecular formula is C18H24N4O2. The summed E-state index contributed by atoms with van der Waals surface area (Å²) in [5.74, 6) is 0.440. The molecule has 0 aromatic carbocycles. The van der Waals surface area contributed by atoms with Crippen LogP contribution in [0.3, 0.4) is 0 Å². The summed E-state index contributed by atoms with van der Waals surface area (Å²) in [7, 11) is 0. The number of nitrogens with zero attached hydrogens (tertiary/aromatic N) is 2. The Morgan fingerprint density at radius 1 is 1.42 bits per heavy atom. The van der Waals surface area contributed by atoms with Crippen LogP contribution in [0.5, 0.6) is 0 Å². The van der Waals surface area contributed by atoms with Crippen LogP contribution in [-0.2, 0) is 6.42 Å². The lowest BCUT2D eigenvalue weighted by atomic mass is 10.0. The standard InChI is InChI=1S/C18H24N4O2/c1-2-4-14-16-13(17(23)20-12-5-3-8-19-10-12)9-15(11-6-7-11)21-18(16)24-22-14/h9,11-12,19H,2-8,10H2,1H3,(H,20,23). The van der Waals surface area contributed by atoms with Crippen LogP contribution in [0, 0.1) is 0 Å². The fraction of sp³-hybridized carbons (Fsp3) is 0.611. The highest BCUT2D eigenvalue weighted by Gasteiger charge is 2.29. The number of aromatic nitrogens is 2. The Hall–Kier alpha value is -1.95. The van der Waals surface area contributed by atoms with E-state index in [9.17, 15) is 4.79 Å². The van der Waals surface area contributed by atoms with Crippen LogP contribution in [0.25, 0.3) is 11.1 Å². The number of aryl methyl sites for hydroxylation is 1. The molecule has 1 unspecified atom stereocenters. The molecule has 1 saturated heterocycles. The summed E-state index contributed by atoms with van der Waals surface area (Å²) in [6.45, 7) is 3.96. The molecule has 2 N–H and O–H groups in total. The first-order valence-electron chi connectivity index (χ1n) is 9.07. The molecule has 0 radical (unpaired) electrons. The number of carbonyl (C=O) groups excluding carboxylic acids is 1. The van der Waals surface area contributed by atoms with Crippen molar-refractivity contribution in [3.05, 3.63) is 23.0 Å². The van der Waals surface area contributed by atoms with E-state index in [1.807, 2.05) is 6.07 Å². The largest absolute Gasteiger partial charge is 0.348 e. The lowest BCUT2D eigenvalue weighted by Gasteiger charge is -2.24. The second kappa shape index (κ2) is 6.51. The molecule has 0 bridgehead atoms. The van der Waals surface area contributed by atoms with Gasteiger partial charge in [0.05, 0.1) is 16.6 Å². The summed E-state index contributed by atoms with van der Waals surface area (Å²) >= 11 is 0. The first-order valence-corrected chi connectivity index (χ1v) is 9.07. The zero-order valence-electron chi connectivity index (χ0n) is 14.1. The Morgan fingerprint density at radius 3 is 3.00 bits per heavy atom. The molecule has 1 aliphatic heterocycles. The molecule has 2 aromatic heterocycles. The van der Waals surface area contributed by atoms with Gasteiger partial charge in [0, 0.05) is 24.2 Å². The Bertz CT molecular complexity index is 745. The smallest absolute Gasteiger partial charge is 0.259 e. The maximum absolute atomic E-state index is 12.9. The normalized spacial score (nSPS) is 21.1. The molecule has 0 spiro atoms. The van der Waals surface area contributed by atoms with E-state index >= 15 is 0 Å². The molecule has 1 aliphatic carbocycles. The molecule has 1 amide bonds. The maximum atomic E-state index is 12.9. The summed E-state index contributed by atoms with van der Waals surface area (Å²) in [6, 6.07) is 2.15. The van der Waals surface area contributed by atoms with Crippen molar-refractivity contribution in [2.24, 2.45) is 0 Å². The third-order valence-corrected chi connectivity index (χ3v) is 4.90. The molecule has 2 fully saturated rings. The van der Waals surface area contributed by atoms with Gasteiger partial charge in [-0.05, 0) is 44.7 Å². The summed E-state index contributed by atoms with van der Waals surface area (Å²) < 4.78 is 5.45. The minimum atomic E-state index is -0.0291. The van der Waals surface area contributed by atoms with Gasteiger partial charge in [0.1, 0.15) is 0 Å². The van der Waals surface area contributed by atoms with Gasteiger partial charge in [-0.3, -0.25) is 4.79 Å². The molecular weight excluding hydrogens is 304 g/mol. The maximum Gasteiger partial charge on any atom is 0.259 e. The van der Waals surface area contributed by atoms with Gasteiger partial charge in [0.15, 0.2) is 0 Å². The van der Waals surface area contributed by atoms with E-state index < -0.39 is 0 Å². The van der Waals surface area contributed by atoms with Crippen molar-refractivity contribution in [3.8, 4) is 0 Å². The van der Waals surface area contributed by atoms with E-state index in [1.165, 1.54) is 0 Å². The highest BCUT2D eigenvalue weighted by atomic mass is 16.5. The molecule has 128 valence electrons. The van der Waals surface area contributed by atoms with Gasteiger partial charge in [-0.1, -0.05) is 18.5 Å². The third kappa shape index (κ3) is 3.02. The Labute approximate surface area is 141 Å². The zero-order valence-corrected chi connectivity index (χ0v) is 14.1. The van der Waals surface area contributed by atoms with Crippen molar-refractivity contribution in [3.63, 3.8) is 0 Å². The molecule has 1 saturated carbocycles. The quantitative estimate of drug-likeness (QED) is 0.881. The Kier molecular flexibility index (Phi) is 4.22. The van der Waals surface area contributed by atoms with Gasteiger partial charge in [-0.2, -0.15) is 0 Å². The summed E-state index contributed by atoms with van der Waals surface area (Å²) in [4.78, 5) is 17.5. The predicted octanol–water partition coefficient (Wildman–Crippen LogP) is 2.53. The number of rotatable bonds is 5. The predicted molar refractivity (Wildman–Crippen MR) is 91.1 cm³/mol. The third-order valence-electron chi connectivity index (χ3n) is 4.90. The van der Waals surface area contributed by atoms with Crippen molar-refractivity contribution in [1.29, 1.82) is 0 Å². The van der Waals surface area contributed by atoms with Crippen molar-refractivity contribution in [2.75, 3.05) is 13.1 Å². The number of hydrogen-bond donors (Lipinski definition) is 2. The molecule has 2 aromatic rings. The molecule has 2 aliphatic rings. The summed E-state index contributed by atoms with van der Waals surface area (Å²) in [5, 5.41) is 11.5. The van der Waals surface area contributed by atoms with Crippen molar-refractivity contribution in [2.45, 2.75) is 57.4 Å². The first-order chi connectivity index (χ1) is 11.8. The molecule has 3 heterocycles. The number of pyridine rings is 1. The summed E-state index contributed by atoms with van der Waals surface area (Å²) in [5.41, 5.74) is 3.00. The minimum Gasteiger partial charge on any atom is -0.348 e. The van der Waals surface area contributed by atoms with Gasteiger partial charge in [0.25, 0.3) is 11.6 Å². The van der Waals surface area contributed by atoms with Crippen molar-refractivity contribution < 1.29 is 9.32 Å². The lowest BCUT2D eigenvalue weighted by Crippen LogP contribution is -2.45. The van der Waals surface area contributed by atoms with Gasteiger partial charge in [-0.25, -0.2) is 4.98 Å². The molecule has 6 nitrogen and oxygen atoms in total. The second-order valence-electron chi connectivity index (χ2n) is 6.95. The fourth-order valence-corrected chi connectivity index (χ4v) is 3.44. The Balaban J connectivity index is 1.70. The van der Waals surface area contributed by atoms with Gasteiger partial charge < -0.3 is 15.2 Å². The monoisotopic (exact) mass is 328 g/mol. The number of hydrogen-bond acceptors (Lipinski definition) is 5. The van der Waals surface area contributed by atoms with Crippen LogP contribution in [-0.4, -0.2) is 35.2 Å². The lowest BCUT2D eigenvalue weighted by molar-refractivity contribution is 0.0932. The molecule has 24 heavy (non-hydrogen) atoms. The SMILES string of the molecule is CCCc1noc2nc(C3CC3)cc(C(=O)NC3CCCNC3)c12. The summed E-state index contributed by atoms with van der Waals surface area (Å²) in [6.07, 6.45) is 6.15. The van der Waals surface area contributed by atoms with Crippen LogP contribution in [0.2, 0.25) is 0 Å². The Morgan fingerprint density at radius 2 is 2.29 bits per heavy atom. The van der Waals surface area contributed by atoms with Crippen LogP contribution in [0.1, 0.15) is 66.7 Å². The number of carbonyl (C=O) groups is 1. The van der Waals surface area contributed by atoms with E-state index in [4.69, 9.17) is 4.52 Å². The second-order valence-corrected chi connectivity index (χ2v) is 6.95. The number of amides is 1. The van der Waals surface area contributed by atoms with E-state index in [2.05, 4.69) is 27.7 Å². The van der Waals surface area contributed by atoms with E-state index in [0.29, 0.717) is 17.2 Å². The van der Waals surface area contributed by atoms with E-state index in [1.54, 1.807) is 0 Å². The minimum absolute atomic E-state index is 0.0291. The topological polar surface area (TPSA) is 80.0 Å². The first kappa shape index (κ1) is 15.6. The van der Waals surface area contributed by atoms with Gasteiger partial charge >= 0.3 is 0 Å². The molecule has 4 rings (SSSR count). The highest BCUT2D eigenvalue weighted by Crippen LogP contribution is 2.40. The molecule has 1 atom stereocenters. The van der Waals surface area contributed by atoms with Crippen molar-refractivity contribution in [1.82, 2.24) is 20.8 Å². The number of piperidine rings is 1. The number of fused-ring (bicyclic) bond motifs is 1. The zero-order chi connectivity index (χ0) is 16.5. The van der Waals surface area contributed by atoms with E-state index in [0.717, 1.165) is 68.4 Å². The van der Waals surface area contributed by atoms with Gasteiger partial charge in [0.2, 0.25) is 0 Å².